The SMILES string of the molecule is CCCCN1CNc2c(c(=O)[nH]c(=O)n2-c2ccc(F)cc2)C1. The molecule has 2 heterocycles. The largest absolute Gasteiger partial charge is 0.358 e. The molecule has 3 rings (SSSR count). The van der Waals surface area contributed by atoms with Gasteiger partial charge in [0.1, 0.15) is 11.6 Å². The van der Waals surface area contributed by atoms with Crippen molar-refractivity contribution in [3.63, 3.8) is 0 Å². The molecule has 0 radical (unpaired) electrons. The zero-order chi connectivity index (χ0) is 16.4. The van der Waals surface area contributed by atoms with Gasteiger partial charge in [0, 0.05) is 13.1 Å². The summed E-state index contributed by atoms with van der Waals surface area (Å²) in [7, 11) is 0. The van der Waals surface area contributed by atoms with Crippen LogP contribution in [0, 0.1) is 5.82 Å². The molecular weight excluding hydrogens is 299 g/mol. The van der Waals surface area contributed by atoms with Gasteiger partial charge in [0.05, 0.1) is 17.9 Å². The standard InChI is InChI=1S/C16H19FN4O2/c1-2-3-8-20-9-13-14(18-10-20)21(16(23)19-15(13)22)12-6-4-11(17)5-7-12/h4-7,18H,2-3,8-10H2,1H3,(H,19,22,23). The molecular formula is C16H19FN4O2. The summed E-state index contributed by atoms with van der Waals surface area (Å²) in [5.41, 5.74) is 0.126. The van der Waals surface area contributed by atoms with E-state index in [0.29, 0.717) is 30.3 Å². The number of hydrogen-bond donors (Lipinski definition) is 2. The third kappa shape index (κ3) is 3.05. The minimum Gasteiger partial charge on any atom is -0.358 e. The van der Waals surface area contributed by atoms with Gasteiger partial charge in [-0.15, -0.1) is 0 Å². The highest BCUT2D eigenvalue weighted by Crippen LogP contribution is 2.21. The number of halogens is 1. The van der Waals surface area contributed by atoms with Crippen LogP contribution in [0.15, 0.2) is 33.9 Å². The fraction of sp³-hybridized carbons (Fsp3) is 0.375. The quantitative estimate of drug-likeness (QED) is 0.899. The van der Waals surface area contributed by atoms with Crippen LogP contribution in [-0.4, -0.2) is 27.7 Å². The summed E-state index contributed by atoms with van der Waals surface area (Å²) in [6.45, 7) is 4.05. The van der Waals surface area contributed by atoms with Crippen molar-refractivity contribution in [1.82, 2.24) is 14.5 Å². The molecule has 6 nitrogen and oxygen atoms in total. The van der Waals surface area contributed by atoms with Gasteiger partial charge in [0.25, 0.3) is 5.56 Å². The second-order valence-electron chi connectivity index (χ2n) is 5.64. The lowest BCUT2D eigenvalue weighted by Gasteiger charge is -2.30. The Hall–Kier alpha value is -2.41. The Bertz CT molecular complexity index is 810. The molecule has 0 fully saturated rings. The molecule has 7 heteroatoms. The van der Waals surface area contributed by atoms with Gasteiger partial charge in [-0.2, -0.15) is 0 Å². The second kappa shape index (κ2) is 6.37. The van der Waals surface area contributed by atoms with Gasteiger partial charge in [0.2, 0.25) is 0 Å². The Morgan fingerprint density at radius 2 is 1.96 bits per heavy atom. The van der Waals surface area contributed by atoms with Crippen LogP contribution in [-0.2, 0) is 6.54 Å². The highest BCUT2D eigenvalue weighted by Gasteiger charge is 2.23. The van der Waals surface area contributed by atoms with Crippen LogP contribution in [0.25, 0.3) is 5.69 Å². The van der Waals surface area contributed by atoms with E-state index in [2.05, 4.69) is 22.1 Å². The summed E-state index contributed by atoms with van der Waals surface area (Å²) >= 11 is 0. The summed E-state index contributed by atoms with van der Waals surface area (Å²) in [6.07, 6.45) is 2.13. The van der Waals surface area contributed by atoms with Crippen LogP contribution < -0.4 is 16.6 Å². The number of hydrogen-bond acceptors (Lipinski definition) is 4. The molecule has 0 saturated heterocycles. The van der Waals surface area contributed by atoms with Crippen molar-refractivity contribution in [3.8, 4) is 5.69 Å². The Labute approximate surface area is 132 Å². The minimum absolute atomic E-state index is 0.376. The van der Waals surface area contributed by atoms with Crippen LogP contribution in [0.3, 0.4) is 0 Å². The van der Waals surface area contributed by atoms with E-state index in [-0.39, 0.29) is 11.4 Å². The van der Waals surface area contributed by atoms with E-state index in [1.54, 1.807) is 0 Å². The first-order chi connectivity index (χ1) is 11.1. The molecule has 0 unspecified atom stereocenters. The van der Waals surface area contributed by atoms with Crippen molar-refractivity contribution in [2.24, 2.45) is 0 Å². The highest BCUT2D eigenvalue weighted by atomic mass is 19.1. The van der Waals surface area contributed by atoms with E-state index >= 15 is 0 Å². The predicted molar refractivity (Wildman–Crippen MR) is 86.4 cm³/mol. The van der Waals surface area contributed by atoms with E-state index in [4.69, 9.17) is 0 Å². The smallest absolute Gasteiger partial charge is 0.334 e. The maximum Gasteiger partial charge on any atom is 0.334 e. The number of aromatic amines is 1. The molecule has 0 saturated carbocycles. The topological polar surface area (TPSA) is 70.1 Å². The fourth-order valence-electron chi connectivity index (χ4n) is 2.75. The molecule has 0 aliphatic carbocycles. The van der Waals surface area contributed by atoms with Crippen molar-refractivity contribution in [2.75, 3.05) is 18.5 Å². The van der Waals surface area contributed by atoms with Gasteiger partial charge in [-0.3, -0.25) is 14.7 Å². The molecule has 1 aliphatic rings. The van der Waals surface area contributed by atoms with Crippen molar-refractivity contribution in [1.29, 1.82) is 0 Å². The number of unbranched alkanes of at least 4 members (excludes halogenated alkanes) is 1. The molecule has 2 aromatic rings. The summed E-state index contributed by atoms with van der Waals surface area (Å²) in [4.78, 5) is 28.8. The number of nitrogens with zero attached hydrogens (tertiary/aromatic N) is 2. The summed E-state index contributed by atoms with van der Waals surface area (Å²) in [5, 5.41) is 3.16. The first-order valence-corrected chi connectivity index (χ1v) is 7.70. The third-order valence-corrected chi connectivity index (χ3v) is 3.97. The Balaban J connectivity index is 2.05. The number of fused-ring (bicyclic) bond motifs is 1. The van der Waals surface area contributed by atoms with Gasteiger partial charge in [0.15, 0.2) is 0 Å². The number of benzene rings is 1. The van der Waals surface area contributed by atoms with Crippen molar-refractivity contribution >= 4 is 5.82 Å². The number of aromatic nitrogens is 2. The summed E-state index contributed by atoms with van der Waals surface area (Å²) in [6, 6.07) is 5.60. The Morgan fingerprint density at radius 1 is 1.22 bits per heavy atom. The molecule has 0 bridgehead atoms. The van der Waals surface area contributed by atoms with Crippen molar-refractivity contribution in [3.05, 3.63) is 56.5 Å². The molecule has 1 aromatic carbocycles. The number of rotatable bonds is 4. The molecule has 0 atom stereocenters. The van der Waals surface area contributed by atoms with Gasteiger partial charge >= 0.3 is 5.69 Å². The number of H-pyrrole nitrogens is 1. The van der Waals surface area contributed by atoms with Crippen LogP contribution >= 0.6 is 0 Å². The third-order valence-electron chi connectivity index (χ3n) is 3.97. The highest BCUT2D eigenvalue weighted by molar-refractivity contribution is 5.51. The Kier molecular flexibility index (Phi) is 4.29. The minimum atomic E-state index is -0.533. The molecule has 0 amide bonds. The molecule has 1 aliphatic heterocycles. The average molecular weight is 318 g/mol. The molecule has 0 spiro atoms. The van der Waals surface area contributed by atoms with Crippen LogP contribution in [0.2, 0.25) is 0 Å². The summed E-state index contributed by atoms with van der Waals surface area (Å²) < 4.78 is 14.5. The Morgan fingerprint density at radius 3 is 2.65 bits per heavy atom. The first kappa shape index (κ1) is 15.5. The zero-order valence-corrected chi connectivity index (χ0v) is 12.9. The number of nitrogens with one attached hydrogen (secondary N) is 2. The predicted octanol–water partition coefficient (Wildman–Crippen LogP) is 1.65. The van der Waals surface area contributed by atoms with E-state index in [9.17, 15) is 14.0 Å². The zero-order valence-electron chi connectivity index (χ0n) is 12.9. The number of anilines is 1. The monoisotopic (exact) mass is 318 g/mol. The van der Waals surface area contributed by atoms with Gasteiger partial charge < -0.3 is 5.32 Å². The normalized spacial score (nSPS) is 14.3. The van der Waals surface area contributed by atoms with Crippen LogP contribution in [0.4, 0.5) is 10.2 Å². The van der Waals surface area contributed by atoms with E-state index in [1.807, 2.05) is 0 Å². The maximum atomic E-state index is 13.1. The molecule has 23 heavy (non-hydrogen) atoms. The maximum absolute atomic E-state index is 13.1. The second-order valence-corrected chi connectivity index (χ2v) is 5.64. The summed E-state index contributed by atoms with van der Waals surface area (Å²) in [5.74, 6) is 0.108. The average Bonchev–Trinajstić information content (AvgIpc) is 2.55. The lowest BCUT2D eigenvalue weighted by molar-refractivity contribution is 0.268. The van der Waals surface area contributed by atoms with Crippen LogP contribution in [0.1, 0.15) is 25.3 Å². The van der Waals surface area contributed by atoms with E-state index in [1.165, 1.54) is 28.8 Å². The van der Waals surface area contributed by atoms with E-state index < -0.39 is 5.69 Å². The van der Waals surface area contributed by atoms with Gasteiger partial charge in [-0.05, 0) is 30.7 Å². The lowest BCUT2D eigenvalue weighted by atomic mass is 10.2. The van der Waals surface area contributed by atoms with Crippen molar-refractivity contribution < 1.29 is 4.39 Å². The van der Waals surface area contributed by atoms with E-state index in [0.717, 1.165) is 19.4 Å². The fourth-order valence-corrected chi connectivity index (χ4v) is 2.75. The van der Waals surface area contributed by atoms with Gasteiger partial charge in [-0.25, -0.2) is 13.8 Å². The first-order valence-electron chi connectivity index (χ1n) is 7.70. The van der Waals surface area contributed by atoms with Gasteiger partial charge in [-0.1, -0.05) is 13.3 Å². The van der Waals surface area contributed by atoms with Crippen molar-refractivity contribution in [2.45, 2.75) is 26.3 Å². The van der Waals surface area contributed by atoms with Crippen LogP contribution in [0.5, 0.6) is 0 Å². The molecule has 1 aromatic heterocycles. The molecule has 122 valence electrons. The lowest BCUT2D eigenvalue weighted by Crippen LogP contribution is -2.43. The molecule has 2 N–H and O–H groups in total.